The molecule has 1 atom stereocenters. The van der Waals surface area contributed by atoms with Crippen LogP contribution < -0.4 is 5.32 Å². The summed E-state index contributed by atoms with van der Waals surface area (Å²) in [5.74, 6) is -0.0382. The van der Waals surface area contributed by atoms with Crippen molar-refractivity contribution in [1.82, 2.24) is 9.47 Å². The average Bonchev–Trinajstić information content (AvgIpc) is 3.09. The molecule has 0 unspecified atom stereocenters. The molecule has 0 saturated heterocycles. The van der Waals surface area contributed by atoms with Gasteiger partial charge in [-0.2, -0.15) is 0 Å². The number of nitrogens with zero attached hydrogens (tertiary/aromatic N) is 2. The normalized spacial score (nSPS) is 16.6. The third-order valence-electron chi connectivity index (χ3n) is 4.53. The van der Waals surface area contributed by atoms with Gasteiger partial charge in [0.1, 0.15) is 0 Å². The second-order valence-corrected chi connectivity index (χ2v) is 6.03. The van der Waals surface area contributed by atoms with Crippen LogP contribution in [0.3, 0.4) is 0 Å². The van der Waals surface area contributed by atoms with E-state index in [1.807, 2.05) is 29.2 Å². The molecule has 1 aromatic carbocycles. The second-order valence-electron chi connectivity index (χ2n) is 6.03. The predicted octanol–water partition coefficient (Wildman–Crippen LogP) is 3.44. The molecule has 126 valence electrons. The van der Waals surface area contributed by atoms with Crippen LogP contribution >= 0.6 is 0 Å². The summed E-state index contributed by atoms with van der Waals surface area (Å²) in [5, 5.41) is 2.81. The van der Waals surface area contributed by atoms with E-state index in [2.05, 4.69) is 29.1 Å². The van der Waals surface area contributed by atoms with E-state index < -0.39 is 0 Å². The van der Waals surface area contributed by atoms with Gasteiger partial charge >= 0.3 is 0 Å². The summed E-state index contributed by atoms with van der Waals surface area (Å²) in [7, 11) is 0. The Morgan fingerprint density at radius 2 is 2.00 bits per heavy atom. The molecular weight excluding hydrogens is 302 g/mol. The Hall–Kier alpha value is -2.56. The highest BCUT2D eigenvalue weighted by atomic mass is 16.2. The molecule has 2 amide bonds. The highest BCUT2D eigenvalue weighted by Gasteiger charge is 2.30. The van der Waals surface area contributed by atoms with Gasteiger partial charge in [0.2, 0.25) is 5.91 Å². The summed E-state index contributed by atoms with van der Waals surface area (Å²) < 4.78 is 2.22. The van der Waals surface area contributed by atoms with Crippen LogP contribution in [0.25, 0.3) is 0 Å². The van der Waals surface area contributed by atoms with Gasteiger partial charge in [-0.05, 0) is 36.8 Å². The SMILES string of the molecule is CCC(=O)Nc1cccc(C(=O)N2CCn3cccc3[C@@H]2CC)c1. The zero-order chi connectivity index (χ0) is 17.1. The Morgan fingerprint density at radius 3 is 2.75 bits per heavy atom. The molecule has 0 saturated carbocycles. The van der Waals surface area contributed by atoms with Gasteiger partial charge in [0.25, 0.3) is 5.91 Å². The monoisotopic (exact) mass is 325 g/mol. The molecule has 24 heavy (non-hydrogen) atoms. The van der Waals surface area contributed by atoms with Crippen molar-refractivity contribution in [2.45, 2.75) is 39.3 Å². The van der Waals surface area contributed by atoms with Gasteiger partial charge in [0.15, 0.2) is 0 Å². The van der Waals surface area contributed by atoms with Crippen LogP contribution in [-0.2, 0) is 11.3 Å². The van der Waals surface area contributed by atoms with Gasteiger partial charge < -0.3 is 14.8 Å². The van der Waals surface area contributed by atoms with Gasteiger partial charge in [-0.25, -0.2) is 0 Å². The van der Waals surface area contributed by atoms with Crippen molar-refractivity contribution in [3.8, 4) is 0 Å². The van der Waals surface area contributed by atoms with Gasteiger partial charge in [0.05, 0.1) is 6.04 Å². The molecule has 0 aliphatic carbocycles. The van der Waals surface area contributed by atoms with Crippen LogP contribution in [0.15, 0.2) is 42.6 Å². The molecule has 1 aliphatic rings. The molecule has 5 heteroatoms. The van der Waals surface area contributed by atoms with Crippen molar-refractivity contribution in [1.29, 1.82) is 0 Å². The molecule has 1 aromatic heterocycles. The van der Waals surface area contributed by atoms with Crippen LogP contribution in [0.5, 0.6) is 0 Å². The molecule has 0 radical (unpaired) electrons. The van der Waals surface area contributed by atoms with Crippen molar-refractivity contribution in [2.24, 2.45) is 0 Å². The van der Waals surface area contributed by atoms with Gasteiger partial charge in [0, 0.05) is 42.7 Å². The lowest BCUT2D eigenvalue weighted by molar-refractivity contribution is -0.115. The third-order valence-corrected chi connectivity index (χ3v) is 4.53. The van der Waals surface area contributed by atoms with E-state index in [0.717, 1.165) is 13.0 Å². The minimum absolute atomic E-state index is 0.0156. The lowest BCUT2D eigenvalue weighted by Gasteiger charge is -2.36. The first-order chi connectivity index (χ1) is 11.6. The quantitative estimate of drug-likeness (QED) is 0.936. The number of nitrogens with one attached hydrogen (secondary N) is 1. The van der Waals surface area contributed by atoms with E-state index in [9.17, 15) is 9.59 Å². The summed E-state index contributed by atoms with van der Waals surface area (Å²) in [5.41, 5.74) is 2.47. The van der Waals surface area contributed by atoms with E-state index in [1.165, 1.54) is 5.69 Å². The Balaban J connectivity index is 1.84. The number of hydrogen-bond donors (Lipinski definition) is 1. The van der Waals surface area contributed by atoms with E-state index >= 15 is 0 Å². The first-order valence-corrected chi connectivity index (χ1v) is 8.50. The van der Waals surface area contributed by atoms with Crippen LogP contribution in [-0.4, -0.2) is 27.8 Å². The Kier molecular flexibility index (Phi) is 4.69. The first-order valence-electron chi connectivity index (χ1n) is 8.50. The third kappa shape index (κ3) is 3.07. The largest absolute Gasteiger partial charge is 0.348 e. The highest BCUT2D eigenvalue weighted by Crippen LogP contribution is 2.30. The molecule has 2 aromatic rings. The fraction of sp³-hybridized carbons (Fsp3) is 0.368. The van der Waals surface area contributed by atoms with Crippen molar-refractivity contribution >= 4 is 17.5 Å². The maximum Gasteiger partial charge on any atom is 0.254 e. The number of carbonyl (C=O) groups is 2. The molecule has 3 rings (SSSR count). The summed E-state index contributed by atoms with van der Waals surface area (Å²) in [6, 6.07) is 11.4. The van der Waals surface area contributed by atoms with E-state index in [4.69, 9.17) is 0 Å². The summed E-state index contributed by atoms with van der Waals surface area (Å²) in [4.78, 5) is 26.5. The maximum atomic E-state index is 13.0. The fourth-order valence-electron chi connectivity index (χ4n) is 3.28. The Morgan fingerprint density at radius 1 is 1.17 bits per heavy atom. The number of rotatable bonds is 4. The lowest BCUT2D eigenvalue weighted by atomic mass is 10.0. The second kappa shape index (κ2) is 6.91. The standard InChI is InChI=1S/C19H23N3O2/c1-3-16-17-9-6-10-21(17)11-12-22(16)19(24)14-7-5-8-15(13-14)20-18(23)4-2/h5-10,13,16H,3-4,11-12H2,1-2H3,(H,20,23)/t16-/m0/s1. The van der Waals surface area contributed by atoms with E-state index in [0.29, 0.717) is 24.2 Å². The van der Waals surface area contributed by atoms with Crippen molar-refractivity contribution in [3.63, 3.8) is 0 Å². The van der Waals surface area contributed by atoms with E-state index in [-0.39, 0.29) is 17.9 Å². The highest BCUT2D eigenvalue weighted by molar-refractivity contribution is 5.97. The number of amides is 2. The minimum atomic E-state index is -0.0539. The Bertz CT molecular complexity index is 751. The average molecular weight is 325 g/mol. The maximum absolute atomic E-state index is 13.0. The molecule has 0 bridgehead atoms. The molecule has 0 fully saturated rings. The number of carbonyl (C=O) groups excluding carboxylic acids is 2. The molecule has 1 aliphatic heterocycles. The zero-order valence-electron chi connectivity index (χ0n) is 14.2. The molecular formula is C19H23N3O2. The topological polar surface area (TPSA) is 54.3 Å². The lowest BCUT2D eigenvalue weighted by Crippen LogP contribution is -2.41. The summed E-state index contributed by atoms with van der Waals surface area (Å²) >= 11 is 0. The summed E-state index contributed by atoms with van der Waals surface area (Å²) in [6.45, 7) is 5.42. The Labute approximate surface area is 142 Å². The predicted molar refractivity (Wildman–Crippen MR) is 93.9 cm³/mol. The van der Waals surface area contributed by atoms with Crippen LogP contribution in [0.4, 0.5) is 5.69 Å². The number of aromatic nitrogens is 1. The fourth-order valence-corrected chi connectivity index (χ4v) is 3.28. The van der Waals surface area contributed by atoms with Gasteiger partial charge in [-0.1, -0.05) is 19.9 Å². The van der Waals surface area contributed by atoms with Crippen molar-refractivity contribution < 1.29 is 9.59 Å². The molecule has 1 N–H and O–H groups in total. The molecule has 2 heterocycles. The van der Waals surface area contributed by atoms with Crippen molar-refractivity contribution in [3.05, 3.63) is 53.9 Å². The van der Waals surface area contributed by atoms with Crippen LogP contribution in [0.1, 0.15) is 48.8 Å². The smallest absolute Gasteiger partial charge is 0.254 e. The minimum Gasteiger partial charge on any atom is -0.348 e. The zero-order valence-corrected chi connectivity index (χ0v) is 14.2. The number of anilines is 1. The summed E-state index contributed by atoms with van der Waals surface area (Å²) in [6.07, 6.45) is 3.36. The first kappa shape index (κ1) is 16.3. The van der Waals surface area contributed by atoms with Gasteiger partial charge in [-0.15, -0.1) is 0 Å². The van der Waals surface area contributed by atoms with E-state index in [1.54, 1.807) is 13.0 Å². The number of hydrogen-bond acceptors (Lipinski definition) is 2. The molecule has 5 nitrogen and oxygen atoms in total. The van der Waals surface area contributed by atoms with Gasteiger partial charge in [-0.3, -0.25) is 9.59 Å². The number of benzene rings is 1. The van der Waals surface area contributed by atoms with Crippen LogP contribution in [0.2, 0.25) is 0 Å². The number of fused-ring (bicyclic) bond motifs is 1. The van der Waals surface area contributed by atoms with Crippen molar-refractivity contribution in [2.75, 3.05) is 11.9 Å². The molecule has 0 spiro atoms. The van der Waals surface area contributed by atoms with Crippen LogP contribution in [0, 0.1) is 0 Å².